The molecule has 7 heteroatoms. The highest BCUT2D eigenvalue weighted by Gasteiger charge is 2.19. The summed E-state index contributed by atoms with van der Waals surface area (Å²) in [5.74, 6) is 1.77. The molecule has 1 heterocycles. The maximum absolute atomic E-state index is 12.5. The van der Waals surface area contributed by atoms with Crippen LogP contribution in [-0.4, -0.2) is 48.3 Å². The lowest BCUT2D eigenvalue weighted by molar-refractivity contribution is -0.117. The molecule has 0 atom stereocenters. The van der Waals surface area contributed by atoms with Crippen LogP contribution in [0, 0.1) is 0 Å². The SMILES string of the molecule is CCOc1ccc(Oc2ccc(Cl)cc2NC(=O)CN2CCC(O)CC2)cc1. The Morgan fingerprint density at radius 2 is 1.86 bits per heavy atom. The summed E-state index contributed by atoms with van der Waals surface area (Å²) in [4.78, 5) is 14.5. The van der Waals surface area contributed by atoms with Crippen LogP contribution in [0.2, 0.25) is 5.02 Å². The van der Waals surface area contributed by atoms with Crippen LogP contribution in [-0.2, 0) is 4.79 Å². The molecule has 0 aliphatic carbocycles. The van der Waals surface area contributed by atoms with Crippen LogP contribution in [0.5, 0.6) is 17.2 Å². The van der Waals surface area contributed by atoms with Crippen molar-refractivity contribution >= 4 is 23.2 Å². The third-order valence-electron chi connectivity index (χ3n) is 4.50. The second-order valence-electron chi connectivity index (χ2n) is 6.70. The van der Waals surface area contributed by atoms with Crippen molar-refractivity contribution in [1.82, 2.24) is 4.90 Å². The van der Waals surface area contributed by atoms with Crippen LogP contribution in [0.3, 0.4) is 0 Å². The molecule has 0 saturated carbocycles. The average molecular weight is 405 g/mol. The number of amides is 1. The number of aliphatic hydroxyl groups excluding tert-OH is 1. The zero-order valence-electron chi connectivity index (χ0n) is 15.9. The van der Waals surface area contributed by atoms with Gasteiger partial charge in [-0.05, 0) is 62.2 Å². The summed E-state index contributed by atoms with van der Waals surface area (Å²) < 4.78 is 11.4. The molecule has 1 aliphatic heterocycles. The molecule has 150 valence electrons. The van der Waals surface area contributed by atoms with Crippen LogP contribution in [0.15, 0.2) is 42.5 Å². The van der Waals surface area contributed by atoms with Crippen molar-refractivity contribution in [2.45, 2.75) is 25.9 Å². The van der Waals surface area contributed by atoms with Crippen molar-refractivity contribution in [2.24, 2.45) is 0 Å². The van der Waals surface area contributed by atoms with Crippen LogP contribution in [0.4, 0.5) is 5.69 Å². The number of aliphatic hydroxyl groups is 1. The Morgan fingerprint density at radius 3 is 2.54 bits per heavy atom. The van der Waals surface area contributed by atoms with Crippen molar-refractivity contribution in [3.8, 4) is 17.2 Å². The summed E-state index contributed by atoms with van der Waals surface area (Å²) in [5.41, 5.74) is 0.517. The maximum Gasteiger partial charge on any atom is 0.238 e. The summed E-state index contributed by atoms with van der Waals surface area (Å²) in [7, 11) is 0. The van der Waals surface area contributed by atoms with Crippen molar-refractivity contribution < 1.29 is 19.4 Å². The van der Waals surface area contributed by atoms with Crippen LogP contribution < -0.4 is 14.8 Å². The highest BCUT2D eigenvalue weighted by molar-refractivity contribution is 6.31. The van der Waals surface area contributed by atoms with Crippen molar-refractivity contribution in [3.05, 3.63) is 47.5 Å². The first-order valence-electron chi connectivity index (χ1n) is 9.44. The van der Waals surface area contributed by atoms with E-state index in [9.17, 15) is 9.90 Å². The van der Waals surface area contributed by atoms with Gasteiger partial charge in [-0.1, -0.05) is 11.6 Å². The van der Waals surface area contributed by atoms with Gasteiger partial charge in [-0.2, -0.15) is 0 Å². The predicted octanol–water partition coefficient (Wildman–Crippen LogP) is 3.93. The van der Waals surface area contributed by atoms with Crippen LogP contribution in [0.25, 0.3) is 0 Å². The third-order valence-corrected chi connectivity index (χ3v) is 4.74. The zero-order valence-corrected chi connectivity index (χ0v) is 16.6. The first-order chi connectivity index (χ1) is 13.5. The Balaban J connectivity index is 1.65. The molecule has 0 spiro atoms. The molecule has 28 heavy (non-hydrogen) atoms. The number of hydrogen-bond acceptors (Lipinski definition) is 5. The number of benzene rings is 2. The van der Waals surface area contributed by atoms with E-state index in [4.69, 9.17) is 21.1 Å². The van der Waals surface area contributed by atoms with Gasteiger partial charge in [0.2, 0.25) is 5.91 Å². The van der Waals surface area contributed by atoms with Gasteiger partial charge in [-0.15, -0.1) is 0 Å². The number of anilines is 1. The number of ether oxygens (including phenoxy) is 2. The Morgan fingerprint density at radius 1 is 1.18 bits per heavy atom. The molecule has 1 saturated heterocycles. The van der Waals surface area contributed by atoms with Crippen molar-refractivity contribution in [2.75, 3.05) is 31.6 Å². The van der Waals surface area contributed by atoms with Gasteiger partial charge in [-0.25, -0.2) is 0 Å². The molecule has 2 aromatic rings. The van der Waals surface area contributed by atoms with E-state index in [0.717, 1.165) is 5.75 Å². The quantitative estimate of drug-likeness (QED) is 0.731. The van der Waals surface area contributed by atoms with Gasteiger partial charge in [0.25, 0.3) is 0 Å². The second-order valence-corrected chi connectivity index (χ2v) is 7.14. The molecule has 6 nitrogen and oxygen atoms in total. The largest absolute Gasteiger partial charge is 0.494 e. The van der Waals surface area contributed by atoms with E-state index in [0.29, 0.717) is 54.7 Å². The lowest BCUT2D eigenvalue weighted by atomic mass is 10.1. The molecule has 2 aromatic carbocycles. The monoisotopic (exact) mass is 404 g/mol. The van der Waals surface area contributed by atoms with Crippen LogP contribution in [0.1, 0.15) is 19.8 Å². The molecule has 1 fully saturated rings. The molecule has 0 unspecified atom stereocenters. The fourth-order valence-electron chi connectivity index (χ4n) is 3.06. The van der Waals surface area contributed by atoms with E-state index in [1.54, 1.807) is 18.2 Å². The summed E-state index contributed by atoms with van der Waals surface area (Å²) in [5, 5.41) is 13.0. The summed E-state index contributed by atoms with van der Waals surface area (Å²) in [6.07, 6.45) is 1.12. The fraction of sp³-hybridized carbons (Fsp3) is 0.381. The van der Waals surface area contributed by atoms with E-state index in [2.05, 4.69) is 5.32 Å². The van der Waals surface area contributed by atoms with E-state index < -0.39 is 0 Å². The smallest absolute Gasteiger partial charge is 0.238 e. The van der Waals surface area contributed by atoms with Gasteiger partial charge in [0, 0.05) is 18.1 Å². The molecule has 0 bridgehead atoms. The number of piperidine rings is 1. The highest BCUT2D eigenvalue weighted by atomic mass is 35.5. The van der Waals surface area contributed by atoms with E-state index >= 15 is 0 Å². The lowest BCUT2D eigenvalue weighted by Gasteiger charge is -2.28. The Bertz CT molecular complexity index is 789. The first kappa shape index (κ1) is 20.5. The summed E-state index contributed by atoms with van der Waals surface area (Å²) >= 11 is 6.11. The Kier molecular flexibility index (Phi) is 7.14. The molecule has 2 N–H and O–H groups in total. The molecule has 1 aliphatic rings. The third kappa shape index (κ3) is 5.86. The molecule has 3 rings (SSSR count). The minimum atomic E-state index is -0.263. The van der Waals surface area contributed by atoms with Crippen molar-refractivity contribution in [1.29, 1.82) is 0 Å². The summed E-state index contributed by atoms with van der Waals surface area (Å²) in [6.45, 7) is 4.21. The van der Waals surface area contributed by atoms with Gasteiger partial charge in [0.05, 0.1) is 24.9 Å². The normalized spacial score (nSPS) is 15.2. The topological polar surface area (TPSA) is 71.0 Å². The van der Waals surface area contributed by atoms with E-state index in [1.165, 1.54) is 0 Å². The molecular formula is C21H25ClN2O4. The van der Waals surface area contributed by atoms with E-state index in [1.807, 2.05) is 36.1 Å². The molecular weight excluding hydrogens is 380 g/mol. The Hall–Kier alpha value is -2.28. The maximum atomic E-state index is 12.5. The molecule has 0 radical (unpaired) electrons. The lowest BCUT2D eigenvalue weighted by Crippen LogP contribution is -2.40. The van der Waals surface area contributed by atoms with Crippen molar-refractivity contribution in [3.63, 3.8) is 0 Å². The number of nitrogens with one attached hydrogen (secondary N) is 1. The number of hydrogen-bond donors (Lipinski definition) is 2. The predicted molar refractivity (Wildman–Crippen MR) is 109 cm³/mol. The van der Waals surface area contributed by atoms with Gasteiger partial charge in [-0.3, -0.25) is 9.69 Å². The van der Waals surface area contributed by atoms with Crippen LogP contribution >= 0.6 is 11.6 Å². The number of rotatable bonds is 7. The summed E-state index contributed by atoms with van der Waals surface area (Å²) in [6, 6.07) is 12.4. The zero-order chi connectivity index (χ0) is 19.9. The number of nitrogens with zero attached hydrogens (tertiary/aromatic N) is 1. The minimum absolute atomic E-state index is 0.143. The fourth-order valence-corrected chi connectivity index (χ4v) is 3.23. The molecule has 1 amide bonds. The minimum Gasteiger partial charge on any atom is -0.494 e. The highest BCUT2D eigenvalue weighted by Crippen LogP contribution is 2.32. The van der Waals surface area contributed by atoms with Gasteiger partial charge < -0.3 is 19.9 Å². The van der Waals surface area contributed by atoms with E-state index in [-0.39, 0.29) is 18.6 Å². The van der Waals surface area contributed by atoms with Gasteiger partial charge >= 0.3 is 0 Å². The Labute approximate surface area is 170 Å². The first-order valence-corrected chi connectivity index (χ1v) is 9.82. The average Bonchev–Trinajstić information content (AvgIpc) is 2.67. The standard InChI is InChI=1S/C21H25ClN2O4/c1-2-27-17-4-6-18(7-5-17)28-20-8-3-15(22)13-19(20)23-21(26)14-24-11-9-16(25)10-12-24/h3-8,13,16,25H,2,9-12,14H2,1H3,(H,23,26). The number of carbonyl (C=O) groups excluding carboxylic acids is 1. The number of carbonyl (C=O) groups is 1. The number of likely N-dealkylation sites (tertiary alicyclic amines) is 1. The second kappa shape index (κ2) is 9.78. The number of halogens is 1. The molecule has 0 aromatic heterocycles. The van der Waals surface area contributed by atoms with Gasteiger partial charge in [0.1, 0.15) is 11.5 Å². The van der Waals surface area contributed by atoms with Gasteiger partial charge in [0.15, 0.2) is 5.75 Å².